The number of benzene rings is 2. The highest BCUT2D eigenvalue weighted by molar-refractivity contribution is 7.89. The van der Waals surface area contributed by atoms with E-state index in [1.807, 2.05) is 0 Å². The summed E-state index contributed by atoms with van der Waals surface area (Å²) in [5.74, 6) is -1.83. The van der Waals surface area contributed by atoms with E-state index in [2.05, 4.69) is 0 Å². The van der Waals surface area contributed by atoms with Crippen molar-refractivity contribution in [2.45, 2.75) is 36.6 Å². The Hall–Kier alpha value is -3.40. The maximum absolute atomic E-state index is 13.3. The van der Waals surface area contributed by atoms with Gasteiger partial charge in [-0.05, 0) is 74.7 Å². The largest absolute Gasteiger partial charge is 0.479 e. The molecule has 0 bridgehead atoms. The van der Waals surface area contributed by atoms with Crippen molar-refractivity contribution in [2.75, 3.05) is 6.61 Å². The summed E-state index contributed by atoms with van der Waals surface area (Å²) in [5.41, 5.74) is -1.68. The topological polar surface area (TPSA) is 110 Å². The summed E-state index contributed by atoms with van der Waals surface area (Å²) in [7, 11) is -4.32. The predicted molar refractivity (Wildman–Crippen MR) is 112 cm³/mol. The molecule has 0 heterocycles. The highest BCUT2D eigenvalue weighted by atomic mass is 32.2. The quantitative estimate of drug-likeness (QED) is 0.446. The van der Waals surface area contributed by atoms with Crippen molar-refractivity contribution in [3.8, 4) is 11.5 Å². The van der Waals surface area contributed by atoms with Crippen molar-refractivity contribution >= 4 is 22.0 Å². The summed E-state index contributed by atoms with van der Waals surface area (Å²) in [4.78, 5) is 23.5. The van der Waals surface area contributed by atoms with Gasteiger partial charge in [0, 0.05) is 12.3 Å². The predicted octanol–water partition coefficient (Wildman–Crippen LogP) is 3.69. The number of hydrogen-bond acceptors (Lipinski definition) is 6. The number of nitrogens with zero attached hydrogens (tertiary/aromatic N) is 1. The Morgan fingerprint density at radius 3 is 2.12 bits per heavy atom. The molecule has 1 aliphatic carbocycles. The fourth-order valence-electron chi connectivity index (χ4n) is 3.24. The monoisotopic (exact) mass is 463 g/mol. The molecule has 0 aliphatic heterocycles. The summed E-state index contributed by atoms with van der Waals surface area (Å²) in [6.45, 7) is 1.69. The number of carbonyl (C=O) groups excluding carboxylic acids is 1. The molecule has 0 saturated heterocycles. The molecule has 2 aromatic rings. The van der Waals surface area contributed by atoms with Crippen LogP contribution in [0.2, 0.25) is 0 Å². The summed E-state index contributed by atoms with van der Waals surface area (Å²) in [6, 6.07) is 10.7. The smallest absolute Gasteiger partial charge is 0.332 e. The van der Waals surface area contributed by atoms with Gasteiger partial charge in [0.2, 0.25) is 0 Å². The van der Waals surface area contributed by atoms with Crippen LogP contribution >= 0.6 is 0 Å². The average molecular weight is 463 g/mol. The molecule has 0 atom stereocenters. The molecule has 1 aliphatic rings. The summed E-state index contributed by atoms with van der Waals surface area (Å²) >= 11 is 0. The molecule has 0 spiro atoms. The number of sulfonamides is 1. The lowest BCUT2D eigenvalue weighted by Crippen LogP contribution is -2.59. The number of hydrogen-bond donors (Lipinski definition) is 1. The van der Waals surface area contributed by atoms with E-state index in [9.17, 15) is 27.5 Å². The number of carbonyl (C=O) groups is 2. The van der Waals surface area contributed by atoms with E-state index in [1.54, 1.807) is 6.92 Å². The number of carboxylic acid groups (broad SMARTS) is 1. The van der Waals surface area contributed by atoms with Crippen LogP contribution in [0, 0.1) is 5.82 Å². The molecule has 8 nitrogen and oxygen atoms in total. The third-order valence-electron chi connectivity index (χ3n) is 5.06. The van der Waals surface area contributed by atoms with Crippen molar-refractivity contribution in [2.24, 2.45) is 0 Å². The lowest BCUT2D eigenvalue weighted by atomic mass is 9.77. The minimum atomic E-state index is -4.32. The first-order valence-electron chi connectivity index (χ1n) is 9.85. The first-order valence-corrected chi connectivity index (χ1v) is 11.3. The molecular weight excluding hydrogens is 441 g/mol. The van der Waals surface area contributed by atoms with Crippen LogP contribution in [-0.2, 0) is 24.3 Å². The summed E-state index contributed by atoms with van der Waals surface area (Å²) in [5, 5.41) is 9.76. The highest BCUT2D eigenvalue weighted by Gasteiger charge is 2.53. The standard InChI is InChI=1S/C22H22FNO7S/c1-2-30-20(25)12-15-24(22(21(26)27)13-3-14-22)32(28,29)19-10-8-18(9-11-19)31-17-6-4-16(23)5-7-17/h4-12,15H,2-3,13-14H2,1H3,(H,26,27). The van der Waals surface area contributed by atoms with Crippen LogP contribution in [0.4, 0.5) is 4.39 Å². The lowest BCUT2D eigenvalue weighted by molar-refractivity contribution is -0.152. The fraction of sp³-hybridized carbons (Fsp3) is 0.273. The van der Waals surface area contributed by atoms with Gasteiger partial charge in [-0.25, -0.2) is 22.4 Å². The van der Waals surface area contributed by atoms with Gasteiger partial charge in [-0.3, -0.25) is 4.31 Å². The Kier molecular flexibility index (Phi) is 6.83. The van der Waals surface area contributed by atoms with Gasteiger partial charge in [0.15, 0.2) is 5.54 Å². The van der Waals surface area contributed by atoms with E-state index in [-0.39, 0.29) is 24.3 Å². The maximum Gasteiger partial charge on any atom is 0.332 e. The van der Waals surface area contributed by atoms with E-state index in [0.29, 0.717) is 17.9 Å². The van der Waals surface area contributed by atoms with Crippen molar-refractivity contribution in [1.82, 2.24) is 4.31 Å². The molecule has 0 aromatic heterocycles. The van der Waals surface area contributed by atoms with E-state index < -0.39 is 33.3 Å². The Balaban J connectivity index is 1.90. The normalized spacial score (nSPS) is 15.1. The molecule has 0 amide bonds. The minimum Gasteiger partial charge on any atom is -0.479 e. The van der Waals surface area contributed by atoms with Gasteiger partial charge in [0.1, 0.15) is 17.3 Å². The zero-order valence-corrected chi connectivity index (χ0v) is 18.0. The first kappa shape index (κ1) is 23.3. The third-order valence-corrected chi connectivity index (χ3v) is 6.92. The second-order valence-corrected chi connectivity index (χ2v) is 8.90. The fourth-order valence-corrected chi connectivity index (χ4v) is 4.89. The molecule has 1 N–H and O–H groups in total. The van der Waals surface area contributed by atoms with Gasteiger partial charge in [-0.15, -0.1) is 0 Å². The van der Waals surface area contributed by atoms with Gasteiger partial charge in [-0.1, -0.05) is 0 Å². The molecule has 3 rings (SSSR count). The zero-order chi connectivity index (χ0) is 23.4. The van der Waals surface area contributed by atoms with E-state index in [1.165, 1.54) is 48.5 Å². The number of ether oxygens (including phenoxy) is 2. The average Bonchev–Trinajstić information content (AvgIpc) is 2.71. The zero-order valence-electron chi connectivity index (χ0n) is 17.2. The lowest BCUT2D eigenvalue weighted by Gasteiger charge is -2.45. The van der Waals surface area contributed by atoms with Crippen LogP contribution in [0.5, 0.6) is 11.5 Å². The summed E-state index contributed by atoms with van der Waals surface area (Å²) < 4.78 is 50.7. The van der Waals surface area contributed by atoms with E-state index in [4.69, 9.17) is 9.47 Å². The molecule has 1 saturated carbocycles. The number of esters is 1. The van der Waals surface area contributed by atoms with Crippen LogP contribution in [-0.4, -0.2) is 41.9 Å². The van der Waals surface area contributed by atoms with Crippen LogP contribution in [0.3, 0.4) is 0 Å². The highest BCUT2D eigenvalue weighted by Crippen LogP contribution is 2.41. The summed E-state index contributed by atoms with van der Waals surface area (Å²) in [6.07, 6.45) is 2.61. The van der Waals surface area contributed by atoms with Gasteiger partial charge in [-0.2, -0.15) is 0 Å². The molecular formula is C22H22FNO7S. The number of aliphatic carboxylic acids is 1. The number of carboxylic acids is 1. The molecule has 2 aromatic carbocycles. The first-order chi connectivity index (χ1) is 15.2. The van der Waals surface area contributed by atoms with E-state index >= 15 is 0 Å². The van der Waals surface area contributed by atoms with E-state index in [0.717, 1.165) is 16.6 Å². The molecule has 10 heteroatoms. The second-order valence-electron chi connectivity index (χ2n) is 7.09. The second kappa shape index (κ2) is 9.39. The molecule has 0 unspecified atom stereocenters. The van der Waals surface area contributed by atoms with Gasteiger partial charge < -0.3 is 14.6 Å². The van der Waals surface area contributed by atoms with Crippen LogP contribution in [0.25, 0.3) is 0 Å². The molecule has 1 fully saturated rings. The number of halogens is 1. The molecule has 0 radical (unpaired) electrons. The minimum absolute atomic E-state index is 0.0928. The third kappa shape index (κ3) is 4.75. The van der Waals surface area contributed by atoms with Crippen molar-refractivity contribution in [3.05, 3.63) is 66.6 Å². The van der Waals surface area contributed by atoms with Crippen molar-refractivity contribution in [3.63, 3.8) is 0 Å². The van der Waals surface area contributed by atoms with Gasteiger partial charge in [0.25, 0.3) is 10.0 Å². The van der Waals surface area contributed by atoms with Gasteiger partial charge in [0.05, 0.1) is 11.5 Å². The van der Waals surface area contributed by atoms with Crippen molar-refractivity contribution in [1.29, 1.82) is 0 Å². The van der Waals surface area contributed by atoms with Crippen LogP contribution in [0.15, 0.2) is 65.7 Å². The van der Waals surface area contributed by atoms with Crippen molar-refractivity contribution < 1.29 is 37.0 Å². The van der Waals surface area contributed by atoms with Crippen LogP contribution in [0.1, 0.15) is 26.2 Å². The Morgan fingerprint density at radius 2 is 1.66 bits per heavy atom. The molecule has 170 valence electrons. The van der Waals surface area contributed by atoms with Crippen LogP contribution < -0.4 is 4.74 Å². The number of rotatable bonds is 9. The van der Waals surface area contributed by atoms with Gasteiger partial charge >= 0.3 is 11.9 Å². The SMILES string of the molecule is CCOC(=O)C=CN(C1(C(=O)O)CCC1)S(=O)(=O)c1ccc(Oc2ccc(F)cc2)cc1. The molecule has 32 heavy (non-hydrogen) atoms. The Bertz CT molecular complexity index is 1110. The Morgan fingerprint density at radius 1 is 1.09 bits per heavy atom. The Labute approximate surface area is 184 Å². The maximum atomic E-state index is 13.3.